The molecule has 7 heteroatoms. The zero-order valence-electron chi connectivity index (χ0n) is 17.2. The van der Waals surface area contributed by atoms with Gasteiger partial charge in [0.15, 0.2) is 6.10 Å². The van der Waals surface area contributed by atoms with Gasteiger partial charge in [0.05, 0.1) is 12.2 Å². The SMILES string of the molecule is Cc1ccc(C)c(OC(C)C(=O)NCCn2nc(-c3ccc(F)cc3)ccc2=O)c1. The fourth-order valence-corrected chi connectivity index (χ4v) is 2.89. The van der Waals surface area contributed by atoms with Crippen molar-refractivity contribution in [1.29, 1.82) is 0 Å². The third kappa shape index (κ3) is 5.31. The molecule has 3 rings (SSSR count). The largest absolute Gasteiger partial charge is 0.481 e. The molecule has 0 aliphatic rings. The maximum Gasteiger partial charge on any atom is 0.266 e. The minimum atomic E-state index is -0.680. The smallest absolute Gasteiger partial charge is 0.266 e. The molecule has 0 saturated heterocycles. The first-order valence-corrected chi connectivity index (χ1v) is 9.69. The first-order chi connectivity index (χ1) is 14.3. The van der Waals surface area contributed by atoms with E-state index in [1.54, 1.807) is 25.1 Å². The molecular weight excluding hydrogens is 385 g/mol. The van der Waals surface area contributed by atoms with Crippen molar-refractivity contribution in [2.24, 2.45) is 0 Å². The molecule has 1 atom stereocenters. The van der Waals surface area contributed by atoms with Gasteiger partial charge >= 0.3 is 0 Å². The van der Waals surface area contributed by atoms with Gasteiger partial charge in [-0.25, -0.2) is 9.07 Å². The third-order valence-electron chi connectivity index (χ3n) is 4.65. The van der Waals surface area contributed by atoms with E-state index in [0.717, 1.165) is 11.1 Å². The normalized spacial score (nSPS) is 11.7. The zero-order valence-corrected chi connectivity index (χ0v) is 17.2. The Morgan fingerprint density at radius 3 is 2.60 bits per heavy atom. The lowest BCUT2D eigenvalue weighted by molar-refractivity contribution is -0.127. The first-order valence-electron chi connectivity index (χ1n) is 9.69. The van der Waals surface area contributed by atoms with Crippen LogP contribution in [0.25, 0.3) is 11.3 Å². The predicted molar refractivity (Wildman–Crippen MR) is 113 cm³/mol. The Bertz CT molecular complexity index is 1090. The lowest BCUT2D eigenvalue weighted by Gasteiger charge is -2.17. The second-order valence-corrected chi connectivity index (χ2v) is 7.11. The first kappa shape index (κ1) is 21.2. The van der Waals surface area contributed by atoms with Crippen molar-refractivity contribution >= 4 is 5.91 Å². The molecule has 30 heavy (non-hydrogen) atoms. The molecule has 0 aliphatic heterocycles. The summed E-state index contributed by atoms with van der Waals surface area (Å²) in [6.45, 7) is 5.99. The molecule has 0 aliphatic carbocycles. The van der Waals surface area contributed by atoms with E-state index >= 15 is 0 Å². The average molecular weight is 409 g/mol. The van der Waals surface area contributed by atoms with Crippen LogP contribution in [-0.4, -0.2) is 28.3 Å². The van der Waals surface area contributed by atoms with E-state index in [0.29, 0.717) is 17.0 Å². The topological polar surface area (TPSA) is 73.2 Å². The number of aryl methyl sites for hydroxylation is 2. The molecule has 1 heterocycles. The molecule has 0 radical (unpaired) electrons. The lowest BCUT2D eigenvalue weighted by atomic mass is 10.1. The van der Waals surface area contributed by atoms with E-state index in [-0.39, 0.29) is 30.4 Å². The highest BCUT2D eigenvalue weighted by Crippen LogP contribution is 2.20. The Morgan fingerprint density at radius 1 is 1.13 bits per heavy atom. The van der Waals surface area contributed by atoms with Crippen LogP contribution in [0.4, 0.5) is 4.39 Å². The van der Waals surface area contributed by atoms with Gasteiger partial charge in [-0.1, -0.05) is 12.1 Å². The van der Waals surface area contributed by atoms with Crippen molar-refractivity contribution in [2.75, 3.05) is 6.54 Å². The molecule has 0 spiro atoms. The minimum Gasteiger partial charge on any atom is -0.481 e. The number of hydrogen-bond donors (Lipinski definition) is 1. The fraction of sp³-hybridized carbons (Fsp3) is 0.261. The van der Waals surface area contributed by atoms with Gasteiger partial charge in [0, 0.05) is 18.2 Å². The van der Waals surface area contributed by atoms with Crippen molar-refractivity contribution in [3.05, 3.63) is 81.9 Å². The number of amides is 1. The quantitative estimate of drug-likeness (QED) is 0.650. The number of rotatable bonds is 7. The number of halogens is 1. The highest BCUT2D eigenvalue weighted by molar-refractivity contribution is 5.80. The molecule has 2 aromatic carbocycles. The summed E-state index contributed by atoms with van der Waals surface area (Å²) in [5, 5.41) is 7.07. The summed E-state index contributed by atoms with van der Waals surface area (Å²) < 4.78 is 20.2. The van der Waals surface area contributed by atoms with Gasteiger partial charge < -0.3 is 10.1 Å². The number of carbonyl (C=O) groups excluding carboxylic acids is 1. The fourth-order valence-electron chi connectivity index (χ4n) is 2.89. The summed E-state index contributed by atoms with van der Waals surface area (Å²) in [6, 6.07) is 14.7. The second kappa shape index (κ2) is 9.35. The van der Waals surface area contributed by atoms with E-state index in [9.17, 15) is 14.0 Å². The van der Waals surface area contributed by atoms with E-state index in [1.165, 1.54) is 22.9 Å². The van der Waals surface area contributed by atoms with Crippen molar-refractivity contribution < 1.29 is 13.9 Å². The number of benzene rings is 2. The van der Waals surface area contributed by atoms with Crippen molar-refractivity contribution in [2.45, 2.75) is 33.4 Å². The summed E-state index contributed by atoms with van der Waals surface area (Å²) in [6.07, 6.45) is -0.680. The van der Waals surface area contributed by atoms with Crippen LogP contribution >= 0.6 is 0 Å². The van der Waals surface area contributed by atoms with Gasteiger partial charge in [-0.15, -0.1) is 0 Å². The Labute approximate surface area is 174 Å². The van der Waals surface area contributed by atoms with E-state index in [4.69, 9.17) is 4.74 Å². The van der Waals surface area contributed by atoms with Crippen LogP contribution in [0.1, 0.15) is 18.1 Å². The minimum absolute atomic E-state index is 0.204. The molecular formula is C23H24FN3O3. The van der Waals surface area contributed by atoms with Gasteiger partial charge in [0.25, 0.3) is 11.5 Å². The predicted octanol–water partition coefficient (Wildman–Crippen LogP) is 3.25. The summed E-state index contributed by atoms with van der Waals surface area (Å²) >= 11 is 0. The molecule has 1 amide bonds. The van der Waals surface area contributed by atoms with Crippen LogP contribution in [0.2, 0.25) is 0 Å². The maximum absolute atomic E-state index is 13.1. The number of carbonyl (C=O) groups is 1. The van der Waals surface area contributed by atoms with Gasteiger partial charge in [-0.05, 0) is 68.3 Å². The number of nitrogens with one attached hydrogen (secondary N) is 1. The summed E-state index contributed by atoms with van der Waals surface area (Å²) in [7, 11) is 0. The molecule has 0 bridgehead atoms. The molecule has 1 aromatic heterocycles. The van der Waals surface area contributed by atoms with E-state index in [1.807, 2.05) is 32.0 Å². The standard InChI is InChI=1S/C23H24FN3O3/c1-15-4-5-16(2)21(14-15)30-17(3)23(29)25-12-13-27-22(28)11-10-20(26-27)18-6-8-19(24)9-7-18/h4-11,14,17H,12-13H2,1-3H3,(H,25,29). The monoisotopic (exact) mass is 409 g/mol. The Kier molecular flexibility index (Phi) is 6.61. The van der Waals surface area contributed by atoms with Crippen LogP contribution in [0.3, 0.4) is 0 Å². The number of hydrogen-bond acceptors (Lipinski definition) is 4. The Morgan fingerprint density at radius 2 is 1.87 bits per heavy atom. The average Bonchev–Trinajstić information content (AvgIpc) is 2.72. The summed E-state index contributed by atoms with van der Waals surface area (Å²) in [5.74, 6) is 0.0492. The second-order valence-electron chi connectivity index (χ2n) is 7.11. The van der Waals surface area contributed by atoms with Crippen LogP contribution in [-0.2, 0) is 11.3 Å². The number of ether oxygens (including phenoxy) is 1. The molecule has 3 aromatic rings. The van der Waals surface area contributed by atoms with E-state index in [2.05, 4.69) is 10.4 Å². The molecule has 1 unspecified atom stereocenters. The molecule has 6 nitrogen and oxygen atoms in total. The highest BCUT2D eigenvalue weighted by Gasteiger charge is 2.15. The van der Waals surface area contributed by atoms with Gasteiger partial charge in [-0.2, -0.15) is 5.10 Å². The van der Waals surface area contributed by atoms with Gasteiger partial charge in [-0.3, -0.25) is 9.59 Å². The van der Waals surface area contributed by atoms with Gasteiger partial charge in [0.2, 0.25) is 0 Å². The van der Waals surface area contributed by atoms with Crippen LogP contribution in [0, 0.1) is 19.7 Å². The summed E-state index contributed by atoms with van der Waals surface area (Å²) in [4.78, 5) is 24.4. The van der Waals surface area contributed by atoms with Crippen molar-refractivity contribution in [3.63, 3.8) is 0 Å². The molecule has 0 saturated carbocycles. The zero-order chi connectivity index (χ0) is 21.7. The Balaban J connectivity index is 1.59. The van der Waals surface area contributed by atoms with Crippen LogP contribution < -0.4 is 15.6 Å². The third-order valence-corrected chi connectivity index (χ3v) is 4.65. The molecule has 156 valence electrons. The molecule has 0 fully saturated rings. The highest BCUT2D eigenvalue weighted by atomic mass is 19.1. The van der Waals surface area contributed by atoms with E-state index < -0.39 is 6.10 Å². The van der Waals surface area contributed by atoms with Crippen LogP contribution in [0.5, 0.6) is 5.75 Å². The number of aromatic nitrogens is 2. The van der Waals surface area contributed by atoms with Crippen molar-refractivity contribution in [3.8, 4) is 17.0 Å². The van der Waals surface area contributed by atoms with Crippen molar-refractivity contribution in [1.82, 2.24) is 15.1 Å². The Hall–Kier alpha value is -3.48. The van der Waals surface area contributed by atoms with Crippen LogP contribution in [0.15, 0.2) is 59.4 Å². The number of nitrogens with zero attached hydrogens (tertiary/aromatic N) is 2. The maximum atomic E-state index is 13.1. The molecule has 1 N–H and O–H groups in total. The lowest BCUT2D eigenvalue weighted by Crippen LogP contribution is -2.39. The summed E-state index contributed by atoms with van der Waals surface area (Å²) in [5.41, 5.74) is 2.97. The van der Waals surface area contributed by atoms with Gasteiger partial charge in [0.1, 0.15) is 11.6 Å².